The van der Waals surface area contributed by atoms with Crippen molar-refractivity contribution in [3.8, 4) is 0 Å². The summed E-state index contributed by atoms with van der Waals surface area (Å²) in [6, 6.07) is 0. The molecular formula is C15H24O3. The zero-order valence-corrected chi connectivity index (χ0v) is 12.1. The third-order valence-corrected chi connectivity index (χ3v) is 2.25. The summed E-state index contributed by atoms with van der Waals surface area (Å²) in [5, 5.41) is 0. The zero-order valence-electron chi connectivity index (χ0n) is 12.1. The molecule has 0 aliphatic rings. The first-order valence-corrected chi connectivity index (χ1v) is 5.97. The van der Waals surface area contributed by atoms with Crippen LogP contribution in [-0.4, -0.2) is 18.7 Å². The molecule has 3 heteroatoms. The predicted octanol–water partition coefficient (Wildman–Crippen LogP) is 3.77. The van der Waals surface area contributed by atoms with Crippen molar-refractivity contribution >= 4 is 5.97 Å². The smallest absolute Gasteiger partial charge is 0.306 e. The van der Waals surface area contributed by atoms with Crippen LogP contribution in [0.5, 0.6) is 0 Å². The van der Waals surface area contributed by atoms with Gasteiger partial charge in [0.25, 0.3) is 0 Å². The summed E-state index contributed by atoms with van der Waals surface area (Å²) in [5.74, 6) is 0.368. The molecule has 3 nitrogen and oxygen atoms in total. The Morgan fingerprint density at radius 1 is 1.22 bits per heavy atom. The van der Waals surface area contributed by atoms with Crippen LogP contribution in [0.1, 0.15) is 40.5 Å². The van der Waals surface area contributed by atoms with Crippen molar-refractivity contribution in [3.05, 3.63) is 36.1 Å². The molecule has 0 aromatic carbocycles. The van der Waals surface area contributed by atoms with E-state index in [1.54, 1.807) is 13.2 Å². The molecule has 0 aromatic heterocycles. The molecule has 0 rings (SSSR count). The van der Waals surface area contributed by atoms with Crippen molar-refractivity contribution in [2.45, 2.75) is 46.1 Å². The maximum absolute atomic E-state index is 11.5. The van der Waals surface area contributed by atoms with E-state index < -0.39 is 5.60 Å². The molecule has 0 unspecified atom stereocenters. The number of hydrogen-bond donors (Lipinski definition) is 0. The second-order valence-corrected chi connectivity index (χ2v) is 5.19. The highest BCUT2D eigenvalue weighted by atomic mass is 16.6. The minimum atomic E-state index is -0.437. The van der Waals surface area contributed by atoms with Crippen molar-refractivity contribution in [1.29, 1.82) is 0 Å². The van der Waals surface area contributed by atoms with E-state index in [0.717, 1.165) is 11.1 Å². The van der Waals surface area contributed by atoms with Gasteiger partial charge in [0.1, 0.15) is 11.4 Å². The van der Waals surface area contributed by atoms with Crippen molar-refractivity contribution in [3.63, 3.8) is 0 Å². The van der Waals surface area contributed by atoms with Crippen molar-refractivity contribution in [2.75, 3.05) is 7.11 Å². The molecule has 18 heavy (non-hydrogen) atoms. The summed E-state index contributed by atoms with van der Waals surface area (Å²) in [5.41, 5.74) is 1.41. The predicted molar refractivity (Wildman–Crippen MR) is 74.1 cm³/mol. The quantitative estimate of drug-likeness (QED) is 0.410. The molecule has 0 saturated heterocycles. The topological polar surface area (TPSA) is 35.5 Å². The van der Waals surface area contributed by atoms with Gasteiger partial charge in [-0.1, -0.05) is 18.7 Å². The van der Waals surface area contributed by atoms with Crippen LogP contribution < -0.4 is 0 Å². The van der Waals surface area contributed by atoms with E-state index in [1.165, 1.54) is 0 Å². The molecule has 0 radical (unpaired) electrons. The summed E-state index contributed by atoms with van der Waals surface area (Å²) in [6.45, 7) is 15.1. The number of hydrogen-bond acceptors (Lipinski definition) is 3. The Balaban J connectivity index is 4.23. The summed E-state index contributed by atoms with van der Waals surface area (Å²) in [4.78, 5) is 11.5. The van der Waals surface area contributed by atoms with Crippen molar-refractivity contribution < 1.29 is 14.3 Å². The van der Waals surface area contributed by atoms with Crippen LogP contribution >= 0.6 is 0 Å². The van der Waals surface area contributed by atoms with Gasteiger partial charge in [0, 0.05) is 6.42 Å². The number of esters is 1. The lowest BCUT2D eigenvalue weighted by Gasteiger charge is -2.19. The minimum Gasteiger partial charge on any atom is -0.497 e. The van der Waals surface area contributed by atoms with Crippen molar-refractivity contribution in [2.24, 2.45) is 0 Å². The third kappa shape index (κ3) is 7.71. The molecule has 0 aromatic rings. The van der Waals surface area contributed by atoms with Gasteiger partial charge in [-0.2, -0.15) is 0 Å². The summed E-state index contributed by atoms with van der Waals surface area (Å²) in [6.07, 6.45) is 2.71. The van der Waals surface area contributed by atoms with Gasteiger partial charge in [-0.3, -0.25) is 4.79 Å². The van der Waals surface area contributed by atoms with E-state index in [9.17, 15) is 4.79 Å². The molecule has 0 N–H and O–H groups in total. The Kier molecular flexibility index (Phi) is 6.45. The summed E-state index contributed by atoms with van der Waals surface area (Å²) >= 11 is 0. The highest BCUT2D eigenvalue weighted by Gasteiger charge is 2.16. The van der Waals surface area contributed by atoms with E-state index in [1.807, 2.05) is 27.7 Å². The molecule has 0 saturated carbocycles. The van der Waals surface area contributed by atoms with Gasteiger partial charge in [-0.05, 0) is 45.8 Å². The highest BCUT2D eigenvalue weighted by molar-refractivity contribution is 5.70. The van der Waals surface area contributed by atoms with Crippen LogP contribution in [0.2, 0.25) is 0 Å². The number of carbonyl (C=O) groups excluding carboxylic acids is 1. The van der Waals surface area contributed by atoms with Gasteiger partial charge in [0.15, 0.2) is 0 Å². The second-order valence-electron chi connectivity index (χ2n) is 5.19. The lowest BCUT2D eigenvalue weighted by molar-refractivity contribution is -0.154. The number of rotatable bonds is 6. The van der Waals surface area contributed by atoms with Gasteiger partial charge in [0.05, 0.1) is 7.11 Å². The fourth-order valence-corrected chi connectivity index (χ4v) is 1.25. The van der Waals surface area contributed by atoms with Crippen LogP contribution in [0.3, 0.4) is 0 Å². The Morgan fingerprint density at radius 3 is 2.22 bits per heavy atom. The molecule has 0 heterocycles. The zero-order chi connectivity index (χ0) is 14.3. The SMILES string of the molecule is C=C(/C=C(/C)C(=C)CCC(=O)OC(C)(C)C)OC. The number of methoxy groups -OCH3 is 1. The van der Waals surface area contributed by atoms with Gasteiger partial charge in [0.2, 0.25) is 0 Å². The largest absolute Gasteiger partial charge is 0.497 e. The first kappa shape index (κ1) is 16.5. The molecule has 0 spiro atoms. The molecule has 0 aliphatic carbocycles. The average Bonchev–Trinajstić information content (AvgIpc) is 2.23. The van der Waals surface area contributed by atoms with Crippen LogP contribution in [0, 0.1) is 0 Å². The van der Waals surface area contributed by atoms with Crippen LogP contribution in [0.15, 0.2) is 36.1 Å². The first-order chi connectivity index (χ1) is 8.15. The molecule has 0 amide bonds. The molecule has 0 atom stereocenters. The fourth-order valence-electron chi connectivity index (χ4n) is 1.25. The standard InChI is InChI=1S/C15H24O3/c1-11(12(2)10-13(3)17-7)8-9-14(16)18-15(4,5)6/h10H,1,3,8-9H2,2,4-7H3/b12-10-. The number of ether oxygens (including phenoxy) is 2. The average molecular weight is 252 g/mol. The molecular weight excluding hydrogens is 228 g/mol. The summed E-state index contributed by atoms with van der Waals surface area (Å²) in [7, 11) is 1.57. The van der Waals surface area contributed by atoms with Crippen LogP contribution in [0.25, 0.3) is 0 Å². The van der Waals surface area contributed by atoms with Gasteiger partial charge >= 0.3 is 5.97 Å². The van der Waals surface area contributed by atoms with Crippen molar-refractivity contribution in [1.82, 2.24) is 0 Å². The van der Waals surface area contributed by atoms with E-state index in [-0.39, 0.29) is 5.97 Å². The molecule has 0 bridgehead atoms. The van der Waals surface area contributed by atoms with E-state index in [4.69, 9.17) is 9.47 Å². The molecule has 0 fully saturated rings. The van der Waals surface area contributed by atoms with Crippen LogP contribution in [-0.2, 0) is 14.3 Å². The Labute approximate surface area is 110 Å². The Morgan fingerprint density at radius 2 is 1.78 bits per heavy atom. The minimum absolute atomic E-state index is 0.206. The van der Waals surface area contributed by atoms with Gasteiger partial charge < -0.3 is 9.47 Å². The molecule has 0 aliphatic heterocycles. The summed E-state index contributed by atoms with van der Waals surface area (Å²) < 4.78 is 10.2. The third-order valence-electron chi connectivity index (χ3n) is 2.25. The van der Waals surface area contributed by atoms with Gasteiger partial charge in [-0.25, -0.2) is 0 Å². The Bertz CT molecular complexity index is 356. The monoisotopic (exact) mass is 252 g/mol. The Hall–Kier alpha value is -1.51. The van der Waals surface area contributed by atoms with E-state index in [0.29, 0.717) is 18.6 Å². The lowest BCUT2D eigenvalue weighted by Crippen LogP contribution is -2.23. The normalized spacial score (nSPS) is 11.9. The number of allylic oxidation sites excluding steroid dienone is 3. The highest BCUT2D eigenvalue weighted by Crippen LogP contribution is 2.17. The van der Waals surface area contributed by atoms with Crippen LogP contribution in [0.4, 0.5) is 0 Å². The second kappa shape index (κ2) is 7.04. The number of carbonyl (C=O) groups is 1. The van der Waals surface area contributed by atoms with Gasteiger partial charge in [-0.15, -0.1) is 0 Å². The molecule has 102 valence electrons. The fraction of sp³-hybridized carbons (Fsp3) is 0.533. The van der Waals surface area contributed by atoms with E-state index in [2.05, 4.69) is 13.2 Å². The lowest BCUT2D eigenvalue weighted by atomic mass is 10.0. The first-order valence-electron chi connectivity index (χ1n) is 5.97. The maximum Gasteiger partial charge on any atom is 0.306 e. The van der Waals surface area contributed by atoms with E-state index >= 15 is 0 Å². The maximum atomic E-state index is 11.5.